The molecule has 0 spiro atoms. The van der Waals surface area contributed by atoms with Crippen molar-refractivity contribution in [3.05, 3.63) is 29.8 Å². The van der Waals surface area contributed by atoms with Crippen molar-refractivity contribution in [1.82, 2.24) is 0 Å². The maximum atomic E-state index is 13.9. The zero-order valence-electron chi connectivity index (χ0n) is 12.6. The maximum absolute atomic E-state index is 13.9. The Morgan fingerprint density at radius 3 is 2.71 bits per heavy atom. The summed E-state index contributed by atoms with van der Waals surface area (Å²) in [5.74, 6) is -0.519. The molecule has 1 saturated heterocycles. The summed E-state index contributed by atoms with van der Waals surface area (Å²) < 4.78 is 27.2. The molecule has 3 nitrogen and oxygen atoms in total. The lowest BCUT2D eigenvalue weighted by atomic mass is 9.87. The Morgan fingerprint density at radius 1 is 1.33 bits per heavy atom. The third-order valence-corrected chi connectivity index (χ3v) is 4.16. The van der Waals surface area contributed by atoms with Crippen LogP contribution in [0.2, 0.25) is 0 Å². The van der Waals surface area contributed by atoms with Crippen molar-refractivity contribution in [2.75, 3.05) is 18.0 Å². The van der Waals surface area contributed by atoms with Crippen molar-refractivity contribution in [2.24, 2.45) is 17.6 Å². The van der Waals surface area contributed by atoms with Crippen LogP contribution in [-0.4, -0.2) is 30.3 Å². The highest BCUT2D eigenvalue weighted by Gasteiger charge is 2.29. The van der Waals surface area contributed by atoms with Gasteiger partial charge in [-0.05, 0) is 36.8 Å². The van der Waals surface area contributed by atoms with Crippen LogP contribution in [0.1, 0.15) is 26.7 Å². The molecule has 1 heterocycles. The number of anilines is 1. The summed E-state index contributed by atoms with van der Waals surface area (Å²) in [6, 6.07) is 3.38. The first-order chi connectivity index (χ1) is 9.86. The minimum Gasteiger partial charge on any atom is -0.393 e. The Hall–Kier alpha value is -1.20. The minimum atomic E-state index is -0.454. The number of aliphatic hydroxyl groups excluding tert-OH is 1. The van der Waals surface area contributed by atoms with Crippen molar-refractivity contribution in [3.63, 3.8) is 0 Å². The zero-order chi connectivity index (χ0) is 15.6. The summed E-state index contributed by atoms with van der Waals surface area (Å²) >= 11 is 0. The van der Waals surface area contributed by atoms with E-state index in [9.17, 15) is 13.9 Å². The number of hydrogen-bond acceptors (Lipinski definition) is 3. The molecule has 1 aliphatic heterocycles. The van der Waals surface area contributed by atoms with Crippen LogP contribution in [0.4, 0.5) is 14.5 Å². The van der Waals surface area contributed by atoms with E-state index in [2.05, 4.69) is 0 Å². The summed E-state index contributed by atoms with van der Waals surface area (Å²) in [4.78, 5) is 1.80. The molecule has 21 heavy (non-hydrogen) atoms. The van der Waals surface area contributed by atoms with E-state index in [1.807, 2.05) is 13.8 Å². The molecule has 3 unspecified atom stereocenters. The molecule has 3 atom stereocenters. The van der Waals surface area contributed by atoms with Gasteiger partial charge in [0.2, 0.25) is 0 Å². The SMILES string of the molecule is CC(C)C(O)CC1CC(N)CN(c2cc(F)ccc2F)C1. The number of hydrogen-bond donors (Lipinski definition) is 2. The van der Waals surface area contributed by atoms with Crippen LogP contribution in [-0.2, 0) is 0 Å². The van der Waals surface area contributed by atoms with Crippen molar-refractivity contribution in [2.45, 2.75) is 38.8 Å². The second-order valence-electron chi connectivity index (χ2n) is 6.41. The molecule has 1 fully saturated rings. The molecule has 5 heteroatoms. The Kier molecular flexibility index (Phi) is 5.17. The number of halogens is 2. The molecule has 1 aliphatic rings. The van der Waals surface area contributed by atoms with Gasteiger partial charge in [-0.25, -0.2) is 8.78 Å². The Labute approximate surface area is 124 Å². The summed E-state index contributed by atoms with van der Waals surface area (Å²) in [6.45, 7) is 5.04. The van der Waals surface area contributed by atoms with Gasteiger partial charge in [0.1, 0.15) is 11.6 Å². The molecule has 0 aromatic heterocycles. The standard InChI is InChI=1S/C16H24F2N2O/c1-10(2)16(21)6-11-5-13(19)9-20(8-11)15-7-12(17)3-4-14(15)18/h3-4,7,10-11,13,16,21H,5-6,8-9,19H2,1-2H3. The predicted octanol–water partition coefficient (Wildman–Crippen LogP) is 2.53. The lowest BCUT2D eigenvalue weighted by Gasteiger charge is -2.39. The van der Waals surface area contributed by atoms with E-state index in [0.29, 0.717) is 19.5 Å². The minimum absolute atomic E-state index is 0.0919. The Balaban J connectivity index is 2.12. The first-order valence-electron chi connectivity index (χ1n) is 7.50. The molecule has 1 aromatic rings. The second-order valence-corrected chi connectivity index (χ2v) is 6.41. The lowest BCUT2D eigenvalue weighted by Crippen LogP contribution is -2.48. The van der Waals surface area contributed by atoms with E-state index >= 15 is 0 Å². The Morgan fingerprint density at radius 2 is 2.05 bits per heavy atom. The molecule has 0 saturated carbocycles. The molecule has 1 aromatic carbocycles. The zero-order valence-corrected chi connectivity index (χ0v) is 12.6. The van der Waals surface area contributed by atoms with E-state index in [0.717, 1.165) is 18.6 Å². The highest BCUT2D eigenvalue weighted by Crippen LogP contribution is 2.28. The maximum Gasteiger partial charge on any atom is 0.146 e. The van der Waals surface area contributed by atoms with Crippen molar-refractivity contribution >= 4 is 5.69 Å². The van der Waals surface area contributed by atoms with Crippen LogP contribution in [0, 0.1) is 23.5 Å². The summed E-state index contributed by atoms with van der Waals surface area (Å²) in [6.07, 6.45) is 1.05. The first kappa shape index (κ1) is 16.2. The number of nitrogens with two attached hydrogens (primary N) is 1. The van der Waals surface area contributed by atoms with Crippen molar-refractivity contribution < 1.29 is 13.9 Å². The van der Waals surface area contributed by atoms with Crippen LogP contribution in [0.5, 0.6) is 0 Å². The Bertz CT molecular complexity index is 481. The van der Waals surface area contributed by atoms with E-state index < -0.39 is 11.6 Å². The van der Waals surface area contributed by atoms with Crippen LogP contribution >= 0.6 is 0 Å². The number of benzene rings is 1. The third-order valence-electron chi connectivity index (χ3n) is 4.16. The van der Waals surface area contributed by atoms with Gasteiger partial charge in [0, 0.05) is 25.2 Å². The molecule has 0 bridgehead atoms. The van der Waals surface area contributed by atoms with Gasteiger partial charge in [-0.15, -0.1) is 0 Å². The molecule has 0 radical (unpaired) electrons. The summed E-state index contributed by atoms with van der Waals surface area (Å²) in [5, 5.41) is 10.0. The van der Waals surface area contributed by atoms with Gasteiger partial charge in [0.15, 0.2) is 0 Å². The van der Waals surface area contributed by atoms with Crippen molar-refractivity contribution in [3.8, 4) is 0 Å². The topological polar surface area (TPSA) is 49.5 Å². The number of piperidine rings is 1. The van der Waals surface area contributed by atoms with E-state index in [1.54, 1.807) is 4.90 Å². The van der Waals surface area contributed by atoms with Crippen molar-refractivity contribution in [1.29, 1.82) is 0 Å². The van der Waals surface area contributed by atoms with Crippen LogP contribution in [0.25, 0.3) is 0 Å². The monoisotopic (exact) mass is 298 g/mol. The number of nitrogens with zero attached hydrogens (tertiary/aromatic N) is 1. The van der Waals surface area contributed by atoms with Gasteiger partial charge < -0.3 is 15.7 Å². The lowest BCUT2D eigenvalue weighted by molar-refractivity contribution is 0.0921. The van der Waals surface area contributed by atoms with Gasteiger partial charge in [0.05, 0.1) is 11.8 Å². The molecular weight excluding hydrogens is 274 g/mol. The van der Waals surface area contributed by atoms with Crippen LogP contribution in [0.15, 0.2) is 18.2 Å². The first-order valence-corrected chi connectivity index (χ1v) is 7.50. The molecule has 118 valence electrons. The van der Waals surface area contributed by atoms with Gasteiger partial charge >= 0.3 is 0 Å². The average molecular weight is 298 g/mol. The predicted molar refractivity (Wildman–Crippen MR) is 80.1 cm³/mol. The molecular formula is C16H24F2N2O. The molecule has 2 rings (SSSR count). The fourth-order valence-corrected chi connectivity index (χ4v) is 2.96. The van der Waals surface area contributed by atoms with Crippen LogP contribution in [0.3, 0.4) is 0 Å². The van der Waals surface area contributed by atoms with E-state index in [1.165, 1.54) is 6.07 Å². The third kappa shape index (κ3) is 4.14. The normalized spacial score (nSPS) is 24.4. The van der Waals surface area contributed by atoms with Gasteiger partial charge in [-0.1, -0.05) is 13.8 Å². The number of aliphatic hydroxyl groups is 1. The van der Waals surface area contributed by atoms with Gasteiger partial charge in [-0.2, -0.15) is 0 Å². The largest absolute Gasteiger partial charge is 0.393 e. The summed E-state index contributed by atoms with van der Waals surface area (Å²) in [5.41, 5.74) is 6.31. The fourth-order valence-electron chi connectivity index (χ4n) is 2.96. The smallest absolute Gasteiger partial charge is 0.146 e. The van der Waals surface area contributed by atoms with Crippen LogP contribution < -0.4 is 10.6 Å². The fraction of sp³-hybridized carbons (Fsp3) is 0.625. The molecule has 0 aliphatic carbocycles. The highest BCUT2D eigenvalue weighted by atomic mass is 19.1. The van der Waals surface area contributed by atoms with E-state index in [4.69, 9.17) is 5.73 Å². The van der Waals surface area contributed by atoms with E-state index in [-0.39, 0.29) is 29.7 Å². The molecule has 0 amide bonds. The van der Waals surface area contributed by atoms with Gasteiger partial charge in [-0.3, -0.25) is 0 Å². The molecule has 3 N–H and O–H groups in total. The number of rotatable bonds is 4. The summed E-state index contributed by atoms with van der Waals surface area (Å²) in [7, 11) is 0. The highest BCUT2D eigenvalue weighted by molar-refractivity contribution is 5.48. The van der Waals surface area contributed by atoms with Gasteiger partial charge in [0.25, 0.3) is 0 Å². The average Bonchev–Trinajstić information content (AvgIpc) is 2.40. The quantitative estimate of drug-likeness (QED) is 0.898. The second kappa shape index (κ2) is 6.71.